The zero-order chi connectivity index (χ0) is 14.7. The van der Waals surface area contributed by atoms with Gasteiger partial charge in [0.2, 0.25) is 5.91 Å². The van der Waals surface area contributed by atoms with Crippen molar-refractivity contribution >= 4 is 15.9 Å². The lowest BCUT2D eigenvalue weighted by atomic mass is 10.1. The minimum Gasteiger partial charge on any atom is -0.349 e. The van der Waals surface area contributed by atoms with Crippen molar-refractivity contribution in [1.29, 1.82) is 0 Å². The number of carbonyl (C=O) groups is 1. The van der Waals surface area contributed by atoms with E-state index in [4.69, 9.17) is 5.73 Å². The molecule has 1 amide bonds. The first-order valence-corrected chi connectivity index (χ1v) is 7.13. The van der Waals surface area contributed by atoms with Crippen LogP contribution in [0.15, 0.2) is 17.6 Å². The van der Waals surface area contributed by atoms with Crippen LogP contribution in [-0.2, 0) is 21.9 Å². The fourth-order valence-electron chi connectivity index (χ4n) is 1.23. The zero-order valence-corrected chi connectivity index (χ0v) is 12.0. The van der Waals surface area contributed by atoms with Crippen molar-refractivity contribution in [1.82, 2.24) is 19.6 Å². The molecule has 8 nitrogen and oxygen atoms in total. The van der Waals surface area contributed by atoms with Crippen LogP contribution in [0.5, 0.6) is 0 Å². The first kappa shape index (κ1) is 15.6. The number of hydrogen-bond acceptors (Lipinski definition) is 5. The Labute approximate surface area is 112 Å². The molecule has 0 bridgehead atoms. The van der Waals surface area contributed by atoms with Gasteiger partial charge in [0.05, 0.1) is 12.9 Å². The molecule has 0 aromatic carbocycles. The highest BCUT2D eigenvalue weighted by Crippen LogP contribution is 2.03. The molecule has 1 heterocycles. The Morgan fingerprint density at radius 3 is 2.63 bits per heavy atom. The molecule has 4 N–H and O–H groups in total. The molecule has 0 fully saturated rings. The van der Waals surface area contributed by atoms with Crippen LogP contribution in [-0.4, -0.2) is 42.5 Å². The van der Waals surface area contributed by atoms with Crippen LogP contribution >= 0.6 is 0 Å². The standard InChI is InChI=1S/C10H19N5O3S/c1-10(2,6-11)14-8(16)4-13-19(17,18)9-5-15(3)7-12-9/h5,7,13H,4,6,11H2,1-3H3,(H,14,16). The van der Waals surface area contributed by atoms with Crippen LogP contribution in [0, 0.1) is 0 Å². The summed E-state index contributed by atoms with van der Waals surface area (Å²) in [6.07, 6.45) is 2.72. The monoisotopic (exact) mass is 289 g/mol. The molecule has 0 radical (unpaired) electrons. The molecule has 1 aromatic rings. The van der Waals surface area contributed by atoms with Crippen molar-refractivity contribution in [3.8, 4) is 0 Å². The average molecular weight is 289 g/mol. The van der Waals surface area contributed by atoms with Crippen LogP contribution in [0.1, 0.15) is 13.8 Å². The van der Waals surface area contributed by atoms with Crippen LogP contribution in [0.2, 0.25) is 0 Å². The van der Waals surface area contributed by atoms with Crippen LogP contribution in [0.4, 0.5) is 0 Å². The van der Waals surface area contributed by atoms with Gasteiger partial charge in [-0.25, -0.2) is 18.1 Å². The number of imidazole rings is 1. The minimum absolute atomic E-state index is 0.124. The van der Waals surface area contributed by atoms with Crippen molar-refractivity contribution in [3.63, 3.8) is 0 Å². The van der Waals surface area contributed by atoms with Gasteiger partial charge in [0, 0.05) is 25.3 Å². The lowest BCUT2D eigenvalue weighted by Gasteiger charge is -2.24. The summed E-state index contributed by atoms with van der Waals surface area (Å²) in [5.74, 6) is -0.449. The second kappa shape index (κ2) is 5.68. The fraction of sp³-hybridized carbons (Fsp3) is 0.600. The Morgan fingerprint density at radius 1 is 1.53 bits per heavy atom. The third-order valence-corrected chi connectivity index (χ3v) is 3.65. The molecule has 0 aliphatic heterocycles. The van der Waals surface area contributed by atoms with E-state index in [1.807, 2.05) is 0 Å². The van der Waals surface area contributed by atoms with Crippen molar-refractivity contribution in [2.45, 2.75) is 24.4 Å². The van der Waals surface area contributed by atoms with Gasteiger partial charge in [0.15, 0.2) is 5.03 Å². The van der Waals surface area contributed by atoms with E-state index in [9.17, 15) is 13.2 Å². The number of rotatable bonds is 6. The largest absolute Gasteiger partial charge is 0.349 e. The van der Waals surface area contributed by atoms with Gasteiger partial charge in [0.1, 0.15) is 0 Å². The van der Waals surface area contributed by atoms with Crippen LogP contribution < -0.4 is 15.8 Å². The molecule has 1 aromatic heterocycles. The van der Waals surface area contributed by atoms with Gasteiger partial charge in [0.25, 0.3) is 10.0 Å². The van der Waals surface area contributed by atoms with E-state index in [0.717, 1.165) is 0 Å². The maximum Gasteiger partial charge on any atom is 0.260 e. The van der Waals surface area contributed by atoms with Crippen molar-refractivity contribution in [3.05, 3.63) is 12.5 Å². The normalized spacial score (nSPS) is 12.4. The summed E-state index contributed by atoms with van der Waals surface area (Å²) in [5.41, 5.74) is 4.89. The Morgan fingerprint density at radius 2 is 2.16 bits per heavy atom. The van der Waals surface area contributed by atoms with Gasteiger partial charge >= 0.3 is 0 Å². The number of hydrogen-bond donors (Lipinski definition) is 3. The number of nitrogens with one attached hydrogen (secondary N) is 2. The lowest BCUT2D eigenvalue weighted by molar-refractivity contribution is -0.121. The third kappa shape index (κ3) is 4.62. The van der Waals surface area contributed by atoms with Crippen molar-refractivity contribution < 1.29 is 13.2 Å². The van der Waals surface area contributed by atoms with Crippen LogP contribution in [0.3, 0.4) is 0 Å². The lowest BCUT2D eigenvalue weighted by Crippen LogP contribution is -2.51. The van der Waals surface area contributed by atoms with E-state index < -0.39 is 21.5 Å². The molecule has 0 saturated carbocycles. The number of amides is 1. The molecule has 0 saturated heterocycles. The molecular formula is C10H19N5O3S. The smallest absolute Gasteiger partial charge is 0.260 e. The predicted molar refractivity (Wildman–Crippen MR) is 69.7 cm³/mol. The summed E-state index contributed by atoms with van der Waals surface area (Å²) < 4.78 is 27.3. The van der Waals surface area contributed by atoms with Gasteiger partial charge in [-0.2, -0.15) is 0 Å². The summed E-state index contributed by atoms with van der Waals surface area (Å²) in [7, 11) is -2.12. The Balaban J connectivity index is 2.60. The average Bonchev–Trinajstić information content (AvgIpc) is 2.74. The Bertz CT molecular complexity index is 549. The van der Waals surface area contributed by atoms with E-state index in [1.54, 1.807) is 20.9 Å². The maximum atomic E-state index is 11.8. The Hall–Kier alpha value is -1.45. The number of nitrogens with two attached hydrogens (primary N) is 1. The number of sulfonamides is 1. The number of nitrogens with zero attached hydrogens (tertiary/aromatic N) is 2. The number of aryl methyl sites for hydroxylation is 1. The molecule has 0 unspecified atom stereocenters. The summed E-state index contributed by atoms with van der Waals surface area (Å²) in [6, 6.07) is 0. The van der Waals surface area contributed by atoms with Crippen LogP contribution in [0.25, 0.3) is 0 Å². The third-order valence-electron chi connectivity index (χ3n) is 2.37. The molecule has 9 heteroatoms. The zero-order valence-electron chi connectivity index (χ0n) is 11.2. The Kier molecular flexibility index (Phi) is 4.66. The summed E-state index contributed by atoms with van der Waals surface area (Å²) in [4.78, 5) is 15.3. The van der Waals surface area contributed by atoms with Gasteiger partial charge in [-0.3, -0.25) is 4.79 Å². The molecule has 0 spiro atoms. The van der Waals surface area contributed by atoms with E-state index in [-0.39, 0.29) is 18.1 Å². The van der Waals surface area contributed by atoms with E-state index in [1.165, 1.54) is 17.1 Å². The van der Waals surface area contributed by atoms with E-state index in [2.05, 4.69) is 15.0 Å². The number of aromatic nitrogens is 2. The quantitative estimate of drug-likeness (QED) is 0.592. The maximum absolute atomic E-state index is 11.8. The SMILES string of the molecule is Cn1cnc(S(=O)(=O)NCC(=O)NC(C)(C)CN)c1. The first-order valence-electron chi connectivity index (χ1n) is 5.65. The second-order valence-corrected chi connectivity index (χ2v) is 6.55. The van der Waals surface area contributed by atoms with Gasteiger partial charge in [-0.1, -0.05) is 0 Å². The highest BCUT2D eigenvalue weighted by atomic mass is 32.2. The number of carbonyl (C=O) groups excluding carboxylic acids is 1. The summed E-state index contributed by atoms with van der Waals surface area (Å²) >= 11 is 0. The molecule has 1 rings (SSSR count). The summed E-state index contributed by atoms with van der Waals surface area (Å²) in [5, 5.41) is 2.49. The van der Waals surface area contributed by atoms with Crippen molar-refractivity contribution in [2.24, 2.45) is 12.8 Å². The molecular weight excluding hydrogens is 270 g/mol. The van der Waals surface area contributed by atoms with Crippen molar-refractivity contribution in [2.75, 3.05) is 13.1 Å². The highest BCUT2D eigenvalue weighted by Gasteiger charge is 2.21. The summed E-state index contributed by atoms with van der Waals surface area (Å²) in [6.45, 7) is 3.39. The second-order valence-electron chi connectivity index (χ2n) is 4.84. The topological polar surface area (TPSA) is 119 Å². The molecule has 19 heavy (non-hydrogen) atoms. The molecule has 0 aliphatic rings. The molecule has 0 aliphatic carbocycles. The molecule has 0 atom stereocenters. The minimum atomic E-state index is -3.77. The van der Waals surface area contributed by atoms with Gasteiger partial charge < -0.3 is 15.6 Å². The highest BCUT2D eigenvalue weighted by molar-refractivity contribution is 7.89. The first-order chi connectivity index (χ1) is 8.66. The van der Waals surface area contributed by atoms with Gasteiger partial charge in [-0.15, -0.1) is 0 Å². The fourth-order valence-corrected chi connectivity index (χ4v) is 2.19. The van der Waals surface area contributed by atoms with Gasteiger partial charge in [-0.05, 0) is 13.8 Å². The van der Waals surface area contributed by atoms with E-state index in [0.29, 0.717) is 0 Å². The van der Waals surface area contributed by atoms with E-state index >= 15 is 0 Å². The predicted octanol–water partition coefficient (Wildman–Crippen LogP) is -1.45. The molecule has 108 valence electrons.